The van der Waals surface area contributed by atoms with Crippen LogP contribution in [0.4, 0.5) is 0 Å². The molecule has 3 rings (SSSR count). The Morgan fingerprint density at radius 2 is 1.73 bits per heavy atom. The molecular weight excluding hydrogens is 268 g/mol. The summed E-state index contributed by atoms with van der Waals surface area (Å²) >= 11 is 0. The molecule has 0 amide bonds. The fourth-order valence-corrected chi connectivity index (χ4v) is 3.29. The van der Waals surface area contributed by atoms with E-state index in [-0.39, 0.29) is 11.5 Å². The Morgan fingerprint density at radius 1 is 1.05 bits per heavy atom. The van der Waals surface area contributed by atoms with Crippen molar-refractivity contribution in [2.75, 3.05) is 6.61 Å². The van der Waals surface area contributed by atoms with Gasteiger partial charge < -0.3 is 4.74 Å². The summed E-state index contributed by atoms with van der Waals surface area (Å²) in [5.41, 5.74) is 5.07. The van der Waals surface area contributed by atoms with Gasteiger partial charge in [-0.1, -0.05) is 80.6 Å². The van der Waals surface area contributed by atoms with Crippen LogP contribution in [0.5, 0.6) is 0 Å². The van der Waals surface area contributed by atoms with Crippen LogP contribution in [-0.4, -0.2) is 6.61 Å². The highest BCUT2D eigenvalue weighted by Gasteiger charge is 2.43. The van der Waals surface area contributed by atoms with E-state index in [1.54, 1.807) is 0 Å². The Hall–Kier alpha value is -2.12. The number of fused-ring (bicyclic) bond motifs is 1. The zero-order valence-electron chi connectivity index (χ0n) is 13.3. The molecule has 2 aromatic rings. The molecule has 1 aliphatic rings. The summed E-state index contributed by atoms with van der Waals surface area (Å²) in [5, 5.41) is 0. The lowest BCUT2D eigenvalue weighted by atomic mass is 9.82. The highest BCUT2D eigenvalue weighted by atomic mass is 16.5. The molecule has 0 heterocycles. The number of ether oxygens (including phenoxy) is 1. The molecule has 1 heteroatoms. The highest BCUT2D eigenvalue weighted by Crippen LogP contribution is 2.55. The number of hydrogen-bond acceptors (Lipinski definition) is 1. The normalized spacial score (nSPS) is 20.8. The first kappa shape index (κ1) is 14.8. The first-order valence-corrected chi connectivity index (χ1v) is 7.73. The van der Waals surface area contributed by atoms with E-state index in [2.05, 4.69) is 75.0 Å². The van der Waals surface area contributed by atoms with E-state index in [1.807, 2.05) is 12.1 Å². The van der Waals surface area contributed by atoms with Crippen molar-refractivity contribution < 1.29 is 4.74 Å². The van der Waals surface area contributed by atoms with Gasteiger partial charge in [0.15, 0.2) is 0 Å². The third-order valence-electron chi connectivity index (χ3n) is 4.37. The molecule has 0 spiro atoms. The second-order valence-electron chi connectivity index (χ2n) is 6.28. The van der Waals surface area contributed by atoms with Gasteiger partial charge in [-0.15, -0.1) is 6.58 Å². The molecule has 0 N–H and O–H groups in total. The molecule has 0 aliphatic heterocycles. The van der Waals surface area contributed by atoms with Crippen LogP contribution < -0.4 is 0 Å². The Balaban J connectivity index is 2.10. The van der Waals surface area contributed by atoms with Gasteiger partial charge in [0.1, 0.15) is 0 Å². The van der Waals surface area contributed by atoms with Crippen LogP contribution in [0, 0.1) is 5.41 Å². The number of benzene rings is 2. The molecule has 2 aromatic carbocycles. The van der Waals surface area contributed by atoms with E-state index >= 15 is 0 Å². The smallest absolute Gasteiger partial charge is 0.0926 e. The first-order valence-electron chi connectivity index (χ1n) is 7.73. The Bertz CT molecular complexity index is 695. The fraction of sp³-hybridized carbons (Fsp3) is 0.238. The van der Waals surface area contributed by atoms with Crippen LogP contribution in [0.3, 0.4) is 0 Å². The largest absolute Gasteiger partial charge is 0.369 e. The van der Waals surface area contributed by atoms with Crippen molar-refractivity contribution in [2.24, 2.45) is 5.41 Å². The van der Waals surface area contributed by atoms with E-state index < -0.39 is 0 Å². The van der Waals surface area contributed by atoms with Crippen LogP contribution in [0.15, 0.2) is 67.3 Å². The van der Waals surface area contributed by atoms with Gasteiger partial charge in [-0.05, 0) is 22.3 Å². The number of hydrogen-bond donors (Lipinski definition) is 0. The fourth-order valence-electron chi connectivity index (χ4n) is 3.29. The average molecular weight is 290 g/mol. The monoisotopic (exact) mass is 290 g/mol. The molecule has 0 saturated heterocycles. The maximum atomic E-state index is 6.10. The van der Waals surface area contributed by atoms with Crippen LogP contribution in [0.1, 0.15) is 36.6 Å². The zero-order chi connectivity index (χ0) is 15.6. The maximum absolute atomic E-state index is 6.10. The van der Waals surface area contributed by atoms with Crippen molar-refractivity contribution in [1.29, 1.82) is 0 Å². The number of rotatable bonds is 4. The SMILES string of the molecule is C=CCOC1c2ccccc2C(=Cc2ccccc2)C1(C)C. The van der Waals surface area contributed by atoms with Gasteiger partial charge in [-0.25, -0.2) is 0 Å². The lowest BCUT2D eigenvalue weighted by Gasteiger charge is -2.29. The van der Waals surface area contributed by atoms with Crippen molar-refractivity contribution in [3.8, 4) is 0 Å². The lowest BCUT2D eigenvalue weighted by Crippen LogP contribution is -2.20. The Labute approximate surface area is 133 Å². The predicted molar refractivity (Wildman–Crippen MR) is 93.4 cm³/mol. The minimum Gasteiger partial charge on any atom is -0.369 e. The van der Waals surface area contributed by atoms with Crippen molar-refractivity contribution in [1.82, 2.24) is 0 Å². The van der Waals surface area contributed by atoms with Gasteiger partial charge in [0.05, 0.1) is 12.7 Å². The van der Waals surface area contributed by atoms with Gasteiger partial charge in [0, 0.05) is 5.41 Å². The van der Waals surface area contributed by atoms with Gasteiger partial charge in [-0.2, -0.15) is 0 Å². The van der Waals surface area contributed by atoms with Gasteiger partial charge in [0.2, 0.25) is 0 Å². The van der Waals surface area contributed by atoms with E-state index in [0.29, 0.717) is 6.61 Å². The summed E-state index contributed by atoms with van der Waals surface area (Å²) in [6, 6.07) is 19.0. The van der Waals surface area contributed by atoms with Crippen LogP contribution in [0.25, 0.3) is 11.6 Å². The van der Waals surface area contributed by atoms with Crippen molar-refractivity contribution in [2.45, 2.75) is 20.0 Å². The van der Waals surface area contributed by atoms with Crippen LogP contribution in [-0.2, 0) is 4.74 Å². The molecule has 0 radical (unpaired) electrons. The van der Waals surface area contributed by atoms with E-state index in [9.17, 15) is 0 Å². The van der Waals surface area contributed by atoms with E-state index in [0.717, 1.165) is 0 Å². The van der Waals surface area contributed by atoms with Crippen LogP contribution >= 0.6 is 0 Å². The summed E-state index contributed by atoms with van der Waals surface area (Å²) in [6.45, 7) is 8.86. The Morgan fingerprint density at radius 3 is 2.45 bits per heavy atom. The molecule has 112 valence electrons. The summed E-state index contributed by atoms with van der Waals surface area (Å²) in [5.74, 6) is 0. The quantitative estimate of drug-likeness (QED) is 0.674. The maximum Gasteiger partial charge on any atom is 0.0926 e. The minimum atomic E-state index is -0.0669. The van der Waals surface area contributed by atoms with Crippen molar-refractivity contribution in [3.63, 3.8) is 0 Å². The molecule has 1 atom stereocenters. The molecule has 1 aliphatic carbocycles. The first-order chi connectivity index (χ1) is 10.6. The third kappa shape index (κ3) is 2.53. The topological polar surface area (TPSA) is 9.23 Å². The molecule has 0 aromatic heterocycles. The van der Waals surface area contributed by atoms with E-state index in [1.165, 1.54) is 22.3 Å². The predicted octanol–water partition coefficient (Wildman–Crippen LogP) is 5.51. The zero-order valence-corrected chi connectivity index (χ0v) is 13.3. The molecular formula is C21H22O. The molecule has 0 saturated carbocycles. The summed E-state index contributed by atoms with van der Waals surface area (Å²) < 4.78 is 6.10. The molecule has 1 unspecified atom stereocenters. The molecule has 0 bridgehead atoms. The third-order valence-corrected chi connectivity index (χ3v) is 4.37. The van der Waals surface area contributed by atoms with Crippen molar-refractivity contribution in [3.05, 3.63) is 83.9 Å². The van der Waals surface area contributed by atoms with Gasteiger partial charge in [-0.3, -0.25) is 0 Å². The minimum absolute atomic E-state index is 0.0664. The second-order valence-corrected chi connectivity index (χ2v) is 6.28. The summed E-state index contributed by atoms with van der Waals surface area (Å²) in [4.78, 5) is 0. The summed E-state index contributed by atoms with van der Waals surface area (Å²) in [7, 11) is 0. The van der Waals surface area contributed by atoms with Crippen LogP contribution in [0.2, 0.25) is 0 Å². The second kappa shape index (κ2) is 5.94. The highest BCUT2D eigenvalue weighted by molar-refractivity contribution is 5.89. The molecule has 1 nitrogen and oxygen atoms in total. The molecule has 22 heavy (non-hydrogen) atoms. The standard InChI is InChI=1S/C21H22O/c1-4-14-22-20-18-13-9-8-12-17(18)19(21(20,2)3)15-16-10-6-5-7-11-16/h4-13,15,20H,1,14H2,2-3H3. The van der Waals surface area contributed by atoms with E-state index in [4.69, 9.17) is 4.74 Å². The Kier molecular flexibility index (Phi) is 4.00. The van der Waals surface area contributed by atoms with Gasteiger partial charge >= 0.3 is 0 Å². The lowest BCUT2D eigenvalue weighted by molar-refractivity contribution is 0.0197. The van der Waals surface area contributed by atoms with Crippen molar-refractivity contribution >= 4 is 11.6 Å². The summed E-state index contributed by atoms with van der Waals surface area (Å²) in [6.07, 6.45) is 4.17. The molecule has 0 fully saturated rings. The average Bonchev–Trinajstić information content (AvgIpc) is 2.74. The van der Waals surface area contributed by atoms with Gasteiger partial charge in [0.25, 0.3) is 0 Å².